The SMILES string of the molecule is CCOc1nc(N2CCN(C(C)=O)CC2)ccc1NC(=O)c1coc2c1C(=O)N(CC(C)O)CC2. The topological polar surface area (TPSA) is 128 Å². The summed E-state index contributed by atoms with van der Waals surface area (Å²) in [6.45, 7) is 8.49. The van der Waals surface area contributed by atoms with E-state index in [0.717, 1.165) is 0 Å². The number of piperazine rings is 1. The minimum absolute atomic E-state index is 0.0552. The number of carbonyl (C=O) groups is 3. The zero-order valence-electron chi connectivity index (χ0n) is 20.2. The molecule has 188 valence electrons. The van der Waals surface area contributed by atoms with Gasteiger partial charge in [0.25, 0.3) is 11.8 Å². The van der Waals surface area contributed by atoms with Crippen LogP contribution in [0.25, 0.3) is 0 Å². The van der Waals surface area contributed by atoms with Crippen molar-refractivity contribution in [1.82, 2.24) is 14.8 Å². The molecule has 1 atom stereocenters. The smallest absolute Gasteiger partial charge is 0.259 e. The number of aliphatic hydroxyl groups excluding tert-OH is 1. The lowest BCUT2D eigenvalue weighted by Gasteiger charge is -2.35. The van der Waals surface area contributed by atoms with Crippen LogP contribution in [0.1, 0.15) is 47.2 Å². The number of amides is 3. The third kappa shape index (κ3) is 5.24. The lowest BCUT2D eigenvalue weighted by atomic mass is 10.0. The lowest BCUT2D eigenvalue weighted by molar-refractivity contribution is -0.129. The number of aliphatic hydroxyl groups is 1. The standard InChI is InChI=1S/C24H31N5O6/c1-4-34-23-18(5-6-20(26-23)28-11-9-27(10-12-28)16(3)31)25-22(32)17-14-35-19-7-8-29(13-15(2)30)24(33)21(17)19/h5-6,14-15,30H,4,7-13H2,1-3H3,(H,25,32). The first-order valence-electron chi connectivity index (χ1n) is 11.8. The molecule has 0 bridgehead atoms. The first-order chi connectivity index (χ1) is 16.8. The monoisotopic (exact) mass is 485 g/mol. The second-order valence-corrected chi connectivity index (χ2v) is 8.70. The Morgan fingerprint density at radius 1 is 1.23 bits per heavy atom. The Labute approximate surface area is 203 Å². The average Bonchev–Trinajstić information content (AvgIpc) is 3.27. The van der Waals surface area contributed by atoms with E-state index < -0.39 is 12.0 Å². The molecule has 2 aliphatic heterocycles. The molecule has 35 heavy (non-hydrogen) atoms. The van der Waals surface area contributed by atoms with Crippen LogP contribution in [0.4, 0.5) is 11.5 Å². The fraction of sp³-hybridized carbons (Fsp3) is 0.500. The van der Waals surface area contributed by atoms with E-state index in [1.54, 1.807) is 30.9 Å². The van der Waals surface area contributed by atoms with E-state index in [-0.39, 0.29) is 35.4 Å². The Balaban J connectivity index is 1.52. The summed E-state index contributed by atoms with van der Waals surface area (Å²) in [6.07, 6.45) is 1.09. The molecular formula is C24H31N5O6. The summed E-state index contributed by atoms with van der Waals surface area (Å²) in [6, 6.07) is 3.51. The molecule has 0 aliphatic carbocycles. The largest absolute Gasteiger partial charge is 0.476 e. The maximum Gasteiger partial charge on any atom is 0.259 e. The summed E-state index contributed by atoms with van der Waals surface area (Å²) in [5.41, 5.74) is 0.731. The molecule has 1 fully saturated rings. The molecule has 3 amide bonds. The third-order valence-corrected chi connectivity index (χ3v) is 6.13. The van der Waals surface area contributed by atoms with Crippen LogP contribution in [0.2, 0.25) is 0 Å². The van der Waals surface area contributed by atoms with Crippen molar-refractivity contribution in [3.05, 3.63) is 35.3 Å². The van der Waals surface area contributed by atoms with Crippen molar-refractivity contribution in [2.75, 3.05) is 56.1 Å². The zero-order valence-corrected chi connectivity index (χ0v) is 20.2. The second-order valence-electron chi connectivity index (χ2n) is 8.70. The molecule has 2 aromatic heterocycles. The number of β-amino-alcohol motifs (C(OH)–C–C–N with tert-alkyl or cyclic N) is 1. The quantitative estimate of drug-likeness (QED) is 0.602. The molecular weight excluding hydrogens is 454 g/mol. The Morgan fingerprint density at radius 2 is 1.97 bits per heavy atom. The van der Waals surface area contributed by atoms with Gasteiger partial charge in [0.05, 0.1) is 23.8 Å². The number of aromatic nitrogens is 1. The normalized spacial score (nSPS) is 16.7. The van der Waals surface area contributed by atoms with Crippen LogP contribution in [0, 0.1) is 0 Å². The molecule has 0 radical (unpaired) electrons. The first-order valence-corrected chi connectivity index (χ1v) is 11.8. The van der Waals surface area contributed by atoms with Crippen LogP contribution in [-0.2, 0) is 11.2 Å². The Bertz CT molecular complexity index is 1110. The number of hydrogen-bond donors (Lipinski definition) is 2. The van der Waals surface area contributed by atoms with Gasteiger partial charge < -0.3 is 34.3 Å². The molecule has 2 aliphatic rings. The number of ether oxygens (including phenoxy) is 1. The second kappa shape index (κ2) is 10.3. The van der Waals surface area contributed by atoms with E-state index >= 15 is 0 Å². The predicted octanol–water partition coefficient (Wildman–Crippen LogP) is 1.37. The lowest BCUT2D eigenvalue weighted by Crippen LogP contribution is -2.48. The van der Waals surface area contributed by atoms with Crippen molar-refractivity contribution in [2.24, 2.45) is 0 Å². The summed E-state index contributed by atoms with van der Waals surface area (Å²) in [5, 5.41) is 12.5. The highest BCUT2D eigenvalue weighted by molar-refractivity contribution is 6.13. The Kier molecular flexibility index (Phi) is 7.25. The molecule has 2 N–H and O–H groups in total. The minimum Gasteiger partial charge on any atom is -0.476 e. The van der Waals surface area contributed by atoms with Gasteiger partial charge in [-0.25, -0.2) is 0 Å². The van der Waals surface area contributed by atoms with Crippen molar-refractivity contribution in [2.45, 2.75) is 33.3 Å². The van der Waals surface area contributed by atoms with Crippen LogP contribution >= 0.6 is 0 Å². The maximum absolute atomic E-state index is 13.1. The Morgan fingerprint density at radius 3 is 2.63 bits per heavy atom. The molecule has 4 rings (SSSR count). The fourth-order valence-electron chi connectivity index (χ4n) is 4.36. The highest BCUT2D eigenvalue weighted by Gasteiger charge is 2.33. The summed E-state index contributed by atoms with van der Waals surface area (Å²) >= 11 is 0. The van der Waals surface area contributed by atoms with E-state index in [9.17, 15) is 19.5 Å². The highest BCUT2D eigenvalue weighted by Crippen LogP contribution is 2.29. The number of pyridine rings is 1. The summed E-state index contributed by atoms with van der Waals surface area (Å²) in [4.78, 5) is 47.7. The van der Waals surface area contributed by atoms with Gasteiger partial charge in [0.1, 0.15) is 23.5 Å². The van der Waals surface area contributed by atoms with E-state index in [2.05, 4.69) is 15.2 Å². The van der Waals surface area contributed by atoms with Crippen molar-refractivity contribution in [1.29, 1.82) is 0 Å². The van der Waals surface area contributed by atoms with E-state index in [0.29, 0.717) is 63.0 Å². The number of nitrogens with zero attached hydrogens (tertiary/aromatic N) is 4. The number of carbonyl (C=O) groups excluding carboxylic acids is 3. The van der Waals surface area contributed by atoms with Crippen LogP contribution in [-0.4, -0.2) is 89.6 Å². The van der Waals surface area contributed by atoms with E-state index in [4.69, 9.17) is 9.15 Å². The molecule has 1 saturated heterocycles. The molecule has 11 nitrogen and oxygen atoms in total. The minimum atomic E-state index is -0.673. The number of nitrogens with one attached hydrogen (secondary N) is 1. The maximum atomic E-state index is 13.1. The van der Waals surface area contributed by atoms with Crippen LogP contribution in [0.15, 0.2) is 22.8 Å². The highest BCUT2D eigenvalue weighted by atomic mass is 16.5. The van der Waals surface area contributed by atoms with Gasteiger partial charge in [-0.3, -0.25) is 14.4 Å². The molecule has 0 spiro atoms. The first kappa shape index (κ1) is 24.5. The molecule has 1 unspecified atom stereocenters. The average molecular weight is 486 g/mol. The van der Waals surface area contributed by atoms with E-state index in [1.165, 1.54) is 11.2 Å². The van der Waals surface area contributed by atoms with Gasteiger partial charge >= 0.3 is 0 Å². The summed E-state index contributed by atoms with van der Waals surface area (Å²) in [7, 11) is 0. The molecule has 4 heterocycles. The van der Waals surface area contributed by atoms with Crippen molar-refractivity contribution in [3.63, 3.8) is 0 Å². The molecule has 2 aromatic rings. The summed E-state index contributed by atoms with van der Waals surface area (Å²) in [5.74, 6) is 0.637. The Hall–Kier alpha value is -3.60. The number of fused-ring (bicyclic) bond motifs is 1. The third-order valence-electron chi connectivity index (χ3n) is 6.13. The van der Waals surface area contributed by atoms with Crippen LogP contribution in [0.5, 0.6) is 5.88 Å². The molecule has 0 aromatic carbocycles. The number of anilines is 2. The van der Waals surface area contributed by atoms with Gasteiger partial charge in [-0.15, -0.1) is 0 Å². The van der Waals surface area contributed by atoms with Gasteiger partial charge in [0.15, 0.2) is 0 Å². The van der Waals surface area contributed by atoms with Gasteiger partial charge in [0, 0.05) is 52.6 Å². The fourth-order valence-corrected chi connectivity index (χ4v) is 4.36. The number of rotatable bonds is 7. The van der Waals surface area contributed by atoms with Crippen LogP contribution in [0.3, 0.4) is 0 Å². The molecule has 11 heteroatoms. The van der Waals surface area contributed by atoms with Gasteiger partial charge in [0.2, 0.25) is 11.8 Å². The van der Waals surface area contributed by atoms with Gasteiger partial charge in [-0.05, 0) is 26.0 Å². The number of hydrogen-bond acceptors (Lipinski definition) is 8. The van der Waals surface area contributed by atoms with Gasteiger partial charge in [-0.2, -0.15) is 4.98 Å². The number of furan rings is 1. The summed E-state index contributed by atoms with van der Waals surface area (Å²) < 4.78 is 11.2. The predicted molar refractivity (Wildman–Crippen MR) is 128 cm³/mol. The van der Waals surface area contributed by atoms with Crippen molar-refractivity contribution in [3.8, 4) is 5.88 Å². The van der Waals surface area contributed by atoms with Crippen molar-refractivity contribution >= 4 is 29.2 Å². The zero-order chi connectivity index (χ0) is 25.1. The van der Waals surface area contributed by atoms with Crippen LogP contribution < -0.4 is 15.0 Å². The van der Waals surface area contributed by atoms with Crippen molar-refractivity contribution < 1.29 is 28.6 Å². The molecule has 0 saturated carbocycles. The van der Waals surface area contributed by atoms with Gasteiger partial charge in [-0.1, -0.05) is 0 Å². The van der Waals surface area contributed by atoms with E-state index in [1.807, 2.05) is 6.92 Å².